The van der Waals surface area contributed by atoms with E-state index in [1.54, 1.807) is 12.3 Å². The maximum atomic E-state index is 12.9. The molecule has 7 rings (SSSR count). The molecule has 2 aromatic rings. The highest BCUT2D eigenvalue weighted by atomic mass is 16.5. The van der Waals surface area contributed by atoms with Gasteiger partial charge in [-0.15, -0.1) is 0 Å². The number of benzene rings is 1. The van der Waals surface area contributed by atoms with Crippen LogP contribution in [0.3, 0.4) is 0 Å². The van der Waals surface area contributed by atoms with Crippen LogP contribution in [0.15, 0.2) is 47.2 Å². The molecule has 9 heteroatoms. The van der Waals surface area contributed by atoms with Crippen molar-refractivity contribution in [1.29, 1.82) is 0 Å². The number of hydrazone groups is 1. The number of aromatic amines is 1. The van der Waals surface area contributed by atoms with Crippen molar-refractivity contribution >= 4 is 29.0 Å². The van der Waals surface area contributed by atoms with Crippen LogP contribution in [-0.4, -0.2) is 62.3 Å². The molecule has 4 fully saturated rings. The molecule has 0 radical (unpaired) electrons. The van der Waals surface area contributed by atoms with Gasteiger partial charge in [0.2, 0.25) is 5.91 Å². The molecule has 5 unspecified atom stereocenters. The highest BCUT2D eigenvalue weighted by Gasteiger charge is 2.71. The second-order valence-electron chi connectivity index (χ2n) is 14.2. The van der Waals surface area contributed by atoms with Crippen LogP contribution >= 0.6 is 0 Å². The zero-order valence-electron chi connectivity index (χ0n) is 24.8. The average molecular weight is 590 g/mol. The number of rotatable bonds is 6. The number of aromatic nitrogens is 1. The van der Waals surface area contributed by atoms with E-state index in [-0.39, 0.29) is 42.5 Å². The number of nitrogens with zero attached hydrogens (tertiary/aromatic N) is 1. The topological polar surface area (TPSA) is 144 Å². The van der Waals surface area contributed by atoms with E-state index in [0.29, 0.717) is 45.1 Å². The number of aryl methyl sites for hydroxylation is 1. The number of hydrogen-bond acceptors (Lipinski definition) is 7. The number of ether oxygens (including phenoxy) is 1. The minimum Gasteiger partial charge on any atom is -0.458 e. The Hall–Kier alpha value is -3.01. The van der Waals surface area contributed by atoms with Gasteiger partial charge in [-0.3, -0.25) is 4.79 Å². The average Bonchev–Trinajstić information content (AvgIpc) is 3.67. The largest absolute Gasteiger partial charge is 0.458 e. The zero-order chi connectivity index (χ0) is 30.0. The van der Waals surface area contributed by atoms with Gasteiger partial charge in [0.1, 0.15) is 6.61 Å². The van der Waals surface area contributed by atoms with Crippen LogP contribution in [0.25, 0.3) is 10.9 Å². The quantitative estimate of drug-likeness (QED) is 0.196. The third-order valence-corrected chi connectivity index (χ3v) is 12.4. The number of amides is 1. The molecule has 0 spiro atoms. The zero-order valence-corrected chi connectivity index (χ0v) is 24.8. The van der Waals surface area contributed by atoms with Crippen molar-refractivity contribution in [2.75, 3.05) is 6.61 Å². The van der Waals surface area contributed by atoms with Crippen LogP contribution in [-0.2, 0) is 20.7 Å². The minimum absolute atomic E-state index is 0.0436. The number of H-pyrrole nitrogens is 1. The fourth-order valence-electron chi connectivity index (χ4n) is 10.2. The number of para-hydroxylation sites is 1. The van der Waals surface area contributed by atoms with Gasteiger partial charge in [0.25, 0.3) is 0 Å². The van der Waals surface area contributed by atoms with Crippen LogP contribution in [0, 0.1) is 28.6 Å². The first-order valence-corrected chi connectivity index (χ1v) is 16.0. The second-order valence-corrected chi connectivity index (χ2v) is 14.2. The summed E-state index contributed by atoms with van der Waals surface area (Å²) >= 11 is 0. The van der Waals surface area contributed by atoms with E-state index in [4.69, 9.17) is 4.74 Å². The van der Waals surface area contributed by atoms with E-state index in [1.807, 2.05) is 30.5 Å². The van der Waals surface area contributed by atoms with Crippen LogP contribution in [0.2, 0.25) is 0 Å². The number of nitrogens with one attached hydrogen (secondary N) is 2. The number of carbonyl (C=O) groups excluding carboxylic acids is 2. The molecule has 5 aliphatic rings. The van der Waals surface area contributed by atoms with E-state index in [0.717, 1.165) is 41.3 Å². The molecule has 9 nitrogen and oxygen atoms in total. The number of esters is 1. The van der Waals surface area contributed by atoms with Gasteiger partial charge in [0.15, 0.2) is 0 Å². The Morgan fingerprint density at radius 2 is 1.93 bits per heavy atom. The molecule has 1 aromatic heterocycles. The lowest BCUT2D eigenvalue weighted by Gasteiger charge is -2.65. The Labute approximate surface area is 251 Å². The summed E-state index contributed by atoms with van der Waals surface area (Å²) in [5.41, 5.74) is 2.57. The van der Waals surface area contributed by atoms with Gasteiger partial charge in [-0.1, -0.05) is 25.1 Å². The highest BCUT2D eigenvalue weighted by molar-refractivity contribution is 5.85. The molecule has 8 atom stereocenters. The Balaban J connectivity index is 1.12. The van der Waals surface area contributed by atoms with Gasteiger partial charge in [-0.2, -0.15) is 5.10 Å². The second kappa shape index (κ2) is 10.3. The number of cyclic esters (lactones) is 1. The first-order valence-electron chi connectivity index (χ1n) is 16.0. The predicted molar refractivity (Wildman–Crippen MR) is 161 cm³/mol. The fraction of sp³-hybridized carbons (Fsp3) is 0.618. The van der Waals surface area contributed by atoms with Gasteiger partial charge in [-0.25, -0.2) is 10.2 Å². The molecule has 43 heavy (non-hydrogen) atoms. The highest BCUT2D eigenvalue weighted by Crippen LogP contribution is 2.70. The molecule has 4 saturated carbocycles. The summed E-state index contributed by atoms with van der Waals surface area (Å²) in [7, 11) is 0. The lowest BCUT2D eigenvalue weighted by Crippen LogP contribution is -2.68. The minimum atomic E-state index is -1.17. The SMILES string of the molecule is CC12CC[C@H]3[C@@H](CCC4(O)C[C@H](O)CCC34C=NNC(=O)CCc3c[nH]c4ccccc34)C1(O)CCC2C1=CC(=O)OC1. The summed E-state index contributed by atoms with van der Waals surface area (Å²) in [6.45, 7) is 2.47. The maximum Gasteiger partial charge on any atom is 0.331 e. The van der Waals surface area contributed by atoms with Crippen molar-refractivity contribution in [3.8, 4) is 0 Å². The molecular formula is C34H43N3O6. The smallest absolute Gasteiger partial charge is 0.331 e. The summed E-state index contributed by atoms with van der Waals surface area (Å²) in [5, 5.41) is 40.9. The number of hydrogen-bond donors (Lipinski definition) is 5. The first-order chi connectivity index (χ1) is 20.6. The molecule has 0 bridgehead atoms. The fourth-order valence-corrected chi connectivity index (χ4v) is 10.2. The maximum absolute atomic E-state index is 12.9. The summed E-state index contributed by atoms with van der Waals surface area (Å²) in [5.74, 6) is -0.517. The van der Waals surface area contributed by atoms with Crippen molar-refractivity contribution in [2.45, 2.75) is 94.9 Å². The number of carbonyl (C=O) groups is 2. The Morgan fingerprint density at radius 3 is 2.74 bits per heavy atom. The number of aliphatic hydroxyl groups is 3. The molecule has 230 valence electrons. The van der Waals surface area contributed by atoms with Crippen molar-refractivity contribution in [3.05, 3.63) is 47.7 Å². The molecule has 4 aliphatic carbocycles. The molecular weight excluding hydrogens is 546 g/mol. The number of aliphatic hydroxyl groups excluding tert-OH is 1. The van der Waals surface area contributed by atoms with E-state index in [9.17, 15) is 24.9 Å². The van der Waals surface area contributed by atoms with Gasteiger partial charge in [0.05, 0.1) is 17.3 Å². The van der Waals surface area contributed by atoms with E-state index in [2.05, 4.69) is 22.4 Å². The molecule has 1 aliphatic heterocycles. The molecule has 1 amide bonds. The standard InChI is InChI=1S/C34H43N3O6/c1-31-12-9-26-27(34(31,42)15-11-25(31)22-16-30(40)43-19-22)10-14-33(41)17-23(38)8-13-32(26,33)20-36-37-29(39)7-6-21-18-35-28-5-3-2-4-24(21)28/h2-5,16,18,20,23,25-27,35,38,41-42H,6-15,17,19H2,1H3,(H,37,39)/t23-,25?,26+,27-,31?,32?,33?,34?/m1/s1. The molecule has 5 N–H and O–H groups in total. The monoisotopic (exact) mass is 589 g/mol. The van der Waals surface area contributed by atoms with Crippen molar-refractivity contribution in [2.24, 2.45) is 33.7 Å². The summed E-state index contributed by atoms with van der Waals surface area (Å²) in [4.78, 5) is 28.0. The van der Waals surface area contributed by atoms with Crippen molar-refractivity contribution in [3.63, 3.8) is 0 Å². The normalized spacial score (nSPS) is 40.6. The predicted octanol–water partition coefficient (Wildman–Crippen LogP) is 3.92. The van der Waals surface area contributed by atoms with E-state index < -0.39 is 28.1 Å². The summed E-state index contributed by atoms with van der Waals surface area (Å²) in [6.07, 6.45) is 11.1. The summed E-state index contributed by atoms with van der Waals surface area (Å²) in [6, 6.07) is 8.02. The lowest BCUT2D eigenvalue weighted by atomic mass is 9.41. The van der Waals surface area contributed by atoms with Crippen LogP contribution in [0.4, 0.5) is 0 Å². The Morgan fingerprint density at radius 1 is 1.12 bits per heavy atom. The molecule has 2 heterocycles. The molecule has 0 saturated heterocycles. The van der Waals surface area contributed by atoms with Gasteiger partial charge in [-0.05, 0) is 92.7 Å². The van der Waals surface area contributed by atoms with Crippen LogP contribution < -0.4 is 5.43 Å². The van der Waals surface area contributed by atoms with Crippen LogP contribution in [0.5, 0.6) is 0 Å². The lowest BCUT2D eigenvalue weighted by molar-refractivity contribution is -0.237. The van der Waals surface area contributed by atoms with Crippen molar-refractivity contribution in [1.82, 2.24) is 10.4 Å². The van der Waals surface area contributed by atoms with Crippen molar-refractivity contribution < 1.29 is 29.6 Å². The van der Waals surface area contributed by atoms with Gasteiger partial charge < -0.3 is 25.0 Å². The number of fused-ring (bicyclic) bond motifs is 6. The Bertz CT molecular complexity index is 1500. The summed E-state index contributed by atoms with van der Waals surface area (Å²) < 4.78 is 5.25. The van der Waals surface area contributed by atoms with E-state index >= 15 is 0 Å². The van der Waals surface area contributed by atoms with Gasteiger partial charge >= 0.3 is 5.97 Å². The van der Waals surface area contributed by atoms with Gasteiger partial charge in [0, 0.05) is 53.1 Å². The molecule has 1 aromatic carbocycles. The van der Waals surface area contributed by atoms with Crippen LogP contribution in [0.1, 0.15) is 76.7 Å². The van der Waals surface area contributed by atoms with E-state index in [1.165, 1.54) is 0 Å². The third-order valence-electron chi connectivity index (χ3n) is 12.4. The first kappa shape index (κ1) is 28.7. The Kier molecular flexibility index (Phi) is 6.87. The third kappa shape index (κ3) is 4.33.